The highest BCUT2D eigenvalue weighted by molar-refractivity contribution is 7.54. The van der Waals surface area contributed by atoms with Gasteiger partial charge in [0.05, 0.1) is 13.2 Å². The van der Waals surface area contributed by atoms with E-state index in [0.29, 0.717) is 0 Å². The number of amides is 1. The van der Waals surface area contributed by atoms with Gasteiger partial charge in [0.15, 0.2) is 5.82 Å². The summed E-state index contributed by atoms with van der Waals surface area (Å²) in [5.41, 5.74) is 0. The minimum absolute atomic E-state index is 0.217. The van der Waals surface area contributed by atoms with Gasteiger partial charge in [-0.05, 0) is 13.8 Å². The number of nitrogens with one attached hydrogen (secondary N) is 1. The van der Waals surface area contributed by atoms with E-state index in [2.05, 4.69) is 15.0 Å². The van der Waals surface area contributed by atoms with Gasteiger partial charge < -0.3 is 18.9 Å². The zero-order chi connectivity index (χ0) is 12.7. The lowest BCUT2D eigenvalue weighted by Gasteiger charge is -2.15. The first-order valence-electron chi connectivity index (χ1n) is 5.18. The molecule has 7 nitrogen and oxygen atoms in total. The van der Waals surface area contributed by atoms with Crippen LogP contribution in [0.2, 0.25) is 0 Å². The Balaban J connectivity index is 2.55. The second kappa shape index (κ2) is 6.54. The minimum atomic E-state index is -3.36. The summed E-state index contributed by atoms with van der Waals surface area (Å²) in [5, 5.41) is 5.92. The van der Waals surface area contributed by atoms with Gasteiger partial charge in [0.25, 0.3) is 0 Å². The Labute approximate surface area is 99.0 Å². The lowest BCUT2D eigenvalue weighted by Crippen LogP contribution is -2.18. The van der Waals surface area contributed by atoms with Crippen molar-refractivity contribution in [1.29, 1.82) is 0 Å². The van der Waals surface area contributed by atoms with Gasteiger partial charge in [0.2, 0.25) is 5.91 Å². The lowest BCUT2D eigenvalue weighted by molar-refractivity contribution is -0.114. The number of carbonyl (C=O) groups excluding carboxylic acids is 1. The van der Waals surface area contributed by atoms with E-state index in [4.69, 9.17) is 9.05 Å². The summed E-state index contributed by atoms with van der Waals surface area (Å²) >= 11 is 0. The molecule has 0 radical (unpaired) electrons. The Kier molecular flexibility index (Phi) is 5.34. The molecule has 0 unspecified atom stereocenters. The second-order valence-electron chi connectivity index (χ2n) is 3.04. The molecule has 0 aromatic carbocycles. The maximum atomic E-state index is 12.0. The first kappa shape index (κ1) is 13.9. The van der Waals surface area contributed by atoms with Crippen molar-refractivity contribution in [2.75, 3.05) is 24.7 Å². The standard InChI is InChI=1S/C9H15N2O5P/c1-3-15-17(13,16-4-2)7-9(12)10-8-5-6-14-11-8/h5-6H,3-4,7H2,1-2H3,(H,10,11,12). The van der Waals surface area contributed by atoms with Gasteiger partial charge in [0.1, 0.15) is 12.4 Å². The smallest absolute Gasteiger partial charge is 0.340 e. The first-order chi connectivity index (χ1) is 8.09. The number of nitrogens with zero attached hydrogens (tertiary/aromatic N) is 1. The molecule has 0 saturated heterocycles. The normalized spacial score (nSPS) is 11.4. The van der Waals surface area contributed by atoms with E-state index in [1.165, 1.54) is 12.3 Å². The minimum Gasteiger partial charge on any atom is -0.363 e. The van der Waals surface area contributed by atoms with E-state index in [9.17, 15) is 9.36 Å². The van der Waals surface area contributed by atoms with Gasteiger partial charge in [-0.3, -0.25) is 9.36 Å². The molecule has 1 aromatic heterocycles. The molecule has 8 heteroatoms. The molecular weight excluding hydrogens is 247 g/mol. The molecule has 1 rings (SSSR count). The van der Waals surface area contributed by atoms with Gasteiger partial charge in [-0.1, -0.05) is 5.16 Å². The molecule has 1 heterocycles. The molecule has 1 N–H and O–H groups in total. The summed E-state index contributed by atoms with van der Waals surface area (Å²) in [7, 11) is -3.36. The van der Waals surface area contributed by atoms with Gasteiger partial charge in [-0.2, -0.15) is 0 Å². The summed E-state index contributed by atoms with van der Waals surface area (Å²) in [5.74, 6) is -0.237. The van der Waals surface area contributed by atoms with Crippen molar-refractivity contribution < 1.29 is 22.9 Å². The van der Waals surface area contributed by atoms with E-state index >= 15 is 0 Å². The van der Waals surface area contributed by atoms with Crippen molar-refractivity contribution in [1.82, 2.24) is 5.16 Å². The van der Waals surface area contributed by atoms with Crippen LogP contribution in [0.3, 0.4) is 0 Å². The van der Waals surface area contributed by atoms with Crippen LogP contribution in [0.4, 0.5) is 5.82 Å². The Morgan fingerprint density at radius 1 is 1.47 bits per heavy atom. The monoisotopic (exact) mass is 262 g/mol. The quantitative estimate of drug-likeness (QED) is 0.754. The third kappa shape index (κ3) is 4.68. The van der Waals surface area contributed by atoms with Crippen molar-refractivity contribution in [3.05, 3.63) is 12.3 Å². The van der Waals surface area contributed by atoms with Gasteiger partial charge in [-0.15, -0.1) is 0 Å². The highest BCUT2D eigenvalue weighted by Crippen LogP contribution is 2.47. The predicted octanol–water partition coefficient (Wildman–Crippen LogP) is 1.88. The van der Waals surface area contributed by atoms with E-state index in [1.807, 2.05) is 0 Å². The van der Waals surface area contributed by atoms with Crippen molar-refractivity contribution in [3.63, 3.8) is 0 Å². The topological polar surface area (TPSA) is 90.7 Å². The summed E-state index contributed by atoms with van der Waals surface area (Å²) in [6.45, 7) is 3.80. The summed E-state index contributed by atoms with van der Waals surface area (Å²) < 4.78 is 26.5. The molecule has 1 amide bonds. The highest BCUT2D eigenvalue weighted by Gasteiger charge is 2.27. The number of anilines is 1. The SMILES string of the molecule is CCOP(=O)(CC(=O)Nc1ccon1)OCC. The van der Waals surface area contributed by atoms with Crippen molar-refractivity contribution in [2.45, 2.75) is 13.8 Å². The molecule has 17 heavy (non-hydrogen) atoms. The molecule has 0 bridgehead atoms. The Morgan fingerprint density at radius 3 is 2.59 bits per heavy atom. The van der Waals surface area contributed by atoms with Crippen LogP contribution in [-0.2, 0) is 18.4 Å². The zero-order valence-corrected chi connectivity index (χ0v) is 10.6. The van der Waals surface area contributed by atoms with Crippen LogP contribution in [0.5, 0.6) is 0 Å². The van der Waals surface area contributed by atoms with E-state index in [-0.39, 0.29) is 25.2 Å². The van der Waals surface area contributed by atoms with Crippen LogP contribution in [0.15, 0.2) is 16.9 Å². The average Bonchev–Trinajstić information content (AvgIpc) is 2.70. The molecule has 0 aliphatic heterocycles. The number of carbonyl (C=O) groups is 1. The largest absolute Gasteiger partial charge is 0.363 e. The number of aromatic nitrogens is 1. The van der Waals surface area contributed by atoms with E-state index in [1.54, 1.807) is 13.8 Å². The van der Waals surface area contributed by atoms with Crippen molar-refractivity contribution >= 4 is 19.3 Å². The van der Waals surface area contributed by atoms with Crippen molar-refractivity contribution in [2.24, 2.45) is 0 Å². The molecule has 1 aromatic rings. The van der Waals surface area contributed by atoms with Crippen LogP contribution >= 0.6 is 7.60 Å². The third-order valence-corrected chi connectivity index (χ3v) is 3.67. The van der Waals surface area contributed by atoms with Crippen LogP contribution < -0.4 is 5.32 Å². The zero-order valence-electron chi connectivity index (χ0n) is 9.71. The number of rotatable bonds is 7. The molecule has 0 spiro atoms. The maximum absolute atomic E-state index is 12.0. The van der Waals surface area contributed by atoms with E-state index in [0.717, 1.165) is 0 Å². The van der Waals surface area contributed by atoms with Crippen LogP contribution in [0.25, 0.3) is 0 Å². The Bertz CT molecular complexity index is 382. The van der Waals surface area contributed by atoms with Gasteiger partial charge in [0, 0.05) is 6.07 Å². The first-order valence-corrected chi connectivity index (χ1v) is 6.90. The predicted molar refractivity (Wildman–Crippen MR) is 60.9 cm³/mol. The molecular formula is C9H15N2O5P. The third-order valence-electron chi connectivity index (χ3n) is 1.69. The molecule has 96 valence electrons. The fourth-order valence-corrected chi connectivity index (χ4v) is 2.63. The highest BCUT2D eigenvalue weighted by atomic mass is 31.2. The number of hydrogen-bond donors (Lipinski definition) is 1. The van der Waals surface area contributed by atoms with E-state index < -0.39 is 13.5 Å². The maximum Gasteiger partial charge on any atom is 0.340 e. The Morgan fingerprint density at radius 2 is 2.12 bits per heavy atom. The summed E-state index contributed by atoms with van der Waals surface area (Å²) in [4.78, 5) is 11.6. The molecule has 0 aliphatic rings. The number of hydrogen-bond acceptors (Lipinski definition) is 6. The molecule has 0 saturated carbocycles. The Hall–Kier alpha value is -1.17. The lowest BCUT2D eigenvalue weighted by atomic mass is 10.6. The summed E-state index contributed by atoms with van der Waals surface area (Å²) in [6.07, 6.45) is 0.974. The van der Waals surface area contributed by atoms with Gasteiger partial charge >= 0.3 is 7.60 Å². The fraction of sp³-hybridized carbons (Fsp3) is 0.556. The second-order valence-corrected chi connectivity index (χ2v) is 5.09. The van der Waals surface area contributed by atoms with Crippen molar-refractivity contribution in [3.8, 4) is 0 Å². The molecule has 0 atom stereocenters. The van der Waals surface area contributed by atoms with Crippen LogP contribution in [0.1, 0.15) is 13.8 Å². The molecule has 0 fully saturated rings. The van der Waals surface area contributed by atoms with Crippen LogP contribution in [0, 0.1) is 0 Å². The van der Waals surface area contributed by atoms with Gasteiger partial charge in [-0.25, -0.2) is 0 Å². The fourth-order valence-electron chi connectivity index (χ4n) is 1.16. The van der Waals surface area contributed by atoms with Crippen LogP contribution in [-0.4, -0.2) is 30.4 Å². The average molecular weight is 262 g/mol. The molecule has 0 aliphatic carbocycles. The summed E-state index contributed by atoms with van der Waals surface area (Å²) in [6, 6.07) is 1.48.